The highest BCUT2D eigenvalue weighted by Crippen LogP contribution is 2.21. The van der Waals surface area contributed by atoms with Gasteiger partial charge in [-0.1, -0.05) is 18.2 Å². The molecule has 1 aromatic carbocycles. The molecule has 3 nitrogen and oxygen atoms in total. The molecule has 104 valence electrons. The first-order chi connectivity index (χ1) is 9.22. The fraction of sp³-hybridized carbons (Fsp3) is 0.500. The standard InChI is InChI=1S/C16H24N2O/c1-3-19-11-5-9-18-10-8-14-6-4-7-15(16(14)18)12-13(2)17/h4,6-8,10,13H,3,5,9,11-12,17H2,1-2H3. The Bertz CT molecular complexity index is 516. The highest BCUT2D eigenvalue weighted by atomic mass is 16.5. The van der Waals surface area contributed by atoms with E-state index >= 15 is 0 Å². The summed E-state index contributed by atoms with van der Waals surface area (Å²) in [5, 5.41) is 1.30. The van der Waals surface area contributed by atoms with Crippen molar-refractivity contribution in [2.75, 3.05) is 13.2 Å². The van der Waals surface area contributed by atoms with Crippen LogP contribution in [0.2, 0.25) is 0 Å². The molecule has 2 N–H and O–H groups in total. The van der Waals surface area contributed by atoms with E-state index in [2.05, 4.69) is 42.0 Å². The molecule has 0 aliphatic heterocycles. The lowest BCUT2D eigenvalue weighted by molar-refractivity contribution is 0.142. The van der Waals surface area contributed by atoms with E-state index in [1.165, 1.54) is 16.5 Å². The number of nitrogens with zero attached hydrogens (tertiary/aromatic N) is 1. The maximum atomic E-state index is 5.94. The maximum absolute atomic E-state index is 5.94. The molecule has 0 bridgehead atoms. The first-order valence-corrected chi connectivity index (χ1v) is 7.12. The van der Waals surface area contributed by atoms with Crippen molar-refractivity contribution < 1.29 is 4.74 Å². The van der Waals surface area contributed by atoms with E-state index in [1.807, 2.05) is 6.92 Å². The second-order valence-corrected chi connectivity index (χ2v) is 5.10. The molecule has 1 atom stereocenters. The fourth-order valence-electron chi connectivity index (χ4n) is 2.52. The molecule has 0 radical (unpaired) electrons. The number of rotatable bonds is 7. The first-order valence-electron chi connectivity index (χ1n) is 7.12. The molecular formula is C16H24N2O. The molecule has 19 heavy (non-hydrogen) atoms. The SMILES string of the molecule is CCOCCCn1ccc2cccc(CC(C)N)c21. The van der Waals surface area contributed by atoms with Crippen LogP contribution in [0.5, 0.6) is 0 Å². The molecular weight excluding hydrogens is 236 g/mol. The van der Waals surface area contributed by atoms with Crippen LogP contribution in [0.3, 0.4) is 0 Å². The van der Waals surface area contributed by atoms with Crippen molar-refractivity contribution in [2.24, 2.45) is 5.73 Å². The second-order valence-electron chi connectivity index (χ2n) is 5.10. The number of hydrogen-bond donors (Lipinski definition) is 1. The lowest BCUT2D eigenvalue weighted by Gasteiger charge is -2.11. The number of para-hydroxylation sites is 1. The Hall–Kier alpha value is -1.32. The number of ether oxygens (including phenoxy) is 1. The van der Waals surface area contributed by atoms with Crippen molar-refractivity contribution in [1.29, 1.82) is 0 Å². The Labute approximate surface area is 115 Å². The number of fused-ring (bicyclic) bond motifs is 1. The molecule has 0 aliphatic rings. The lowest BCUT2D eigenvalue weighted by atomic mass is 10.0. The summed E-state index contributed by atoms with van der Waals surface area (Å²) in [5.74, 6) is 0. The molecule has 1 heterocycles. The summed E-state index contributed by atoms with van der Waals surface area (Å²) >= 11 is 0. The highest BCUT2D eigenvalue weighted by Gasteiger charge is 2.08. The molecule has 0 spiro atoms. The summed E-state index contributed by atoms with van der Waals surface area (Å²) in [7, 11) is 0. The van der Waals surface area contributed by atoms with Gasteiger partial charge in [-0.15, -0.1) is 0 Å². The number of hydrogen-bond acceptors (Lipinski definition) is 2. The topological polar surface area (TPSA) is 40.2 Å². The van der Waals surface area contributed by atoms with Crippen LogP contribution in [-0.2, 0) is 17.7 Å². The van der Waals surface area contributed by atoms with Crippen LogP contribution in [0.4, 0.5) is 0 Å². The predicted molar refractivity (Wildman–Crippen MR) is 80.4 cm³/mol. The van der Waals surface area contributed by atoms with Gasteiger partial charge in [0, 0.05) is 32.0 Å². The van der Waals surface area contributed by atoms with Crippen molar-refractivity contribution in [1.82, 2.24) is 4.57 Å². The van der Waals surface area contributed by atoms with E-state index in [0.717, 1.165) is 32.6 Å². The van der Waals surface area contributed by atoms with Crippen molar-refractivity contribution in [2.45, 2.75) is 39.3 Å². The lowest BCUT2D eigenvalue weighted by Crippen LogP contribution is -2.18. The van der Waals surface area contributed by atoms with Gasteiger partial charge < -0.3 is 15.0 Å². The van der Waals surface area contributed by atoms with Crippen LogP contribution in [-0.4, -0.2) is 23.8 Å². The van der Waals surface area contributed by atoms with E-state index < -0.39 is 0 Å². The average molecular weight is 260 g/mol. The Balaban J connectivity index is 2.19. The fourth-order valence-corrected chi connectivity index (χ4v) is 2.52. The molecule has 2 aromatic rings. The van der Waals surface area contributed by atoms with Gasteiger partial charge in [0.05, 0.1) is 5.52 Å². The van der Waals surface area contributed by atoms with Gasteiger partial charge in [-0.25, -0.2) is 0 Å². The highest BCUT2D eigenvalue weighted by molar-refractivity contribution is 5.83. The summed E-state index contributed by atoms with van der Waals surface area (Å²) in [5.41, 5.74) is 8.62. The largest absolute Gasteiger partial charge is 0.382 e. The van der Waals surface area contributed by atoms with E-state index in [0.29, 0.717) is 0 Å². The summed E-state index contributed by atoms with van der Waals surface area (Å²) in [4.78, 5) is 0. The third kappa shape index (κ3) is 3.58. The quantitative estimate of drug-likeness (QED) is 0.777. The molecule has 0 aliphatic carbocycles. The zero-order valence-electron chi connectivity index (χ0n) is 11.9. The summed E-state index contributed by atoms with van der Waals surface area (Å²) in [6.07, 6.45) is 4.14. The molecule has 1 aromatic heterocycles. The third-order valence-electron chi connectivity index (χ3n) is 3.31. The van der Waals surface area contributed by atoms with Gasteiger partial charge in [0.15, 0.2) is 0 Å². The summed E-state index contributed by atoms with van der Waals surface area (Å²) in [6.45, 7) is 6.71. The Kier molecular flexibility index (Phi) is 5.00. The van der Waals surface area contributed by atoms with E-state index in [9.17, 15) is 0 Å². The van der Waals surface area contributed by atoms with E-state index in [-0.39, 0.29) is 6.04 Å². The van der Waals surface area contributed by atoms with E-state index in [4.69, 9.17) is 10.5 Å². The second kappa shape index (κ2) is 6.73. The molecule has 0 fully saturated rings. The first kappa shape index (κ1) is 14.1. The normalized spacial score (nSPS) is 13.0. The minimum Gasteiger partial charge on any atom is -0.382 e. The number of aromatic nitrogens is 1. The number of benzene rings is 1. The van der Waals surface area contributed by atoms with Crippen LogP contribution in [0.25, 0.3) is 10.9 Å². The van der Waals surface area contributed by atoms with Crippen LogP contribution in [0, 0.1) is 0 Å². The van der Waals surface area contributed by atoms with Crippen LogP contribution < -0.4 is 5.73 Å². The Morgan fingerprint density at radius 3 is 2.89 bits per heavy atom. The van der Waals surface area contributed by atoms with Gasteiger partial charge in [0.25, 0.3) is 0 Å². The Morgan fingerprint density at radius 2 is 2.16 bits per heavy atom. The van der Waals surface area contributed by atoms with Gasteiger partial charge in [0.1, 0.15) is 0 Å². The van der Waals surface area contributed by atoms with Crippen LogP contribution in [0.1, 0.15) is 25.8 Å². The monoisotopic (exact) mass is 260 g/mol. The molecule has 3 heteroatoms. The van der Waals surface area contributed by atoms with Crippen molar-refractivity contribution in [3.8, 4) is 0 Å². The molecule has 0 saturated carbocycles. The number of aryl methyl sites for hydroxylation is 1. The van der Waals surface area contributed by atoms with Gasteiger partial charge in [-0.05, 0) is 43.7 Å². The smallest absolute Gasteiger partial charge is 0.0513 e. The van der Waals surface area contributed by atoms with Gasteiger partial charge >= 0.3 is 0 Å². The van der Waals surface area contributed by atoms with Crippen LogP contribution >= 0.6 is 0 Å². The molecule has 0 saturated heterocycles. The van der Waals surface area contributed by atoms with Crippen molar-refractivity contribution in [3.63, 3.8) is 0 Å². The summed E-state index contributed by atoms with van der Waals surface area (Å²) in [6, 6.07) is 8.84. The van der Waals surface area contributed by atoms with Crippen molar-refractivity contribution >= 4 is 10.9 Å². The van der Waals surface area contributed by atoms with Crippen molar-refractivity contribution in [3.05, 3.63) is 36.0 Å². The van der Waals surface area contributed by atoms with E-state index in [1.54, 1.807) is 0 Å². The van der Waals surface area contributed by atoms with Gasteiger partial charge in [-0.3, -0.25) is 0 Å². The summed E-state index contributed by atoms with van der Waals surface area (Å²) < 4.78 is 7.73. The predicted octanol–water partition coefficient (Wildman–Crippen LogP) is 2.96. The Morgan fingerprint density at radius 1 is 1.32 bits per heavy atom. The third-order valence-corrected chi connectivity index (χ3v) is 3.31. The van der Waals surface area contributed by atoms with Gasteiger partial charge in [-0.2, -0.15) is 0 Å². The maximum Gasteiger partial charge on any atom is 0.0513 e. The van der Waals surface area contributed by atoms with Gasteiger partial charge in [0.2, 0.25) is 0 Å². The minimum atomic E-state index is 0.192. The molecule has 0 amide bonds. The minimum absolute atomic E-state index is 0.192. The number of nitrogens with two attached hydrogens (primary N) is 1. The zero-order valence-corrected chi connectivity index (χ0v) is 11.9. The average Bonchev–Trinajstić information content (AvgIpc) is 2.78. The molecule has 1 unspecified atom stereocenters. The molecule has 2 rings (SSSR count). The zero-order chi connectivity index (χ0) is 13.7. The van der Waals surface area contributed by atoms with Crippen LogP contribution in [0.15, 0.2) is 30.5 Å².